The van der Waals surface area contributed by atoms with Gasteiger partial charge < -0.3 is 4.90 Å². The summed E-state index contributed by atoms with van der Waals surface area (Å²) in [5.74, 6) is -1.83. The maximum Gasteiger partial charge on any atom is 0.262 e. The number of imide groups is 1. The Morgan fingerprint density at radius 1 is 0.806 bits per heavy atom. The fourth-order valence-electron chi connectivity index (χ4n) is 4.29. The molecule has 0 aliphatic carbocycles. The van der Waals surface area contributed by atoms with Gasteiger partial charge in [-0.15, -0.1) is 0 Å². The average molecular weight is 435 g/mol. The molecule has 154 valence electrons. The molecule has 2 atom stereocenters. The van der Waals surface area contributed by atoms with E-state index in [9.17, 15) is 18.8 Å². The number of amides is 3. The molecule has 1 fully saturated rings. The third kappa shape index (κ3) is 2.86. The maximum absolute atomic E-state index is 13.6. The zero-order chi connectivity index (χ0) is 21.9. The van der Waals surface area contributed by atoms with Crippen LogP contribution < -0.4 is 4.90 Å². The summed E-state index contributed by atoms with van der Waals surface area (Å²) < 4.78 is 13.6. The lowest BCUT2D eigenvalue weighted by Gasteiger charge is -2.50. The number of aryl methyl sites for hydroxylation is 1. The van der Waals surface area contributed by atoms with Crippen LogP contribution in [-0.2, 0) is 4.79 Å². The van der Waals surface area contributed by atoms with E-state index in [0.29, 0.717) is 16.3 Å². The van der Waals surface area contributed by atoms with Gasteiger partial charge in [-0.3, -0.25) is 19.3 Å². The molecule has 2 aliphatic heterocycles. The number of hydrogen-bond donors (Lipinski definition) is 0. The van der Waals surface area contributed by atoms with Crippen LogP contribution in [0.25, 0.3) is 0 Å². The third-order valence-electron chi connectivity index (χ3n) is 5.81. The van der Waals surface area contributed by atoms with Crippen LogP contribution in [0.15, 0.2) is 66.7 Å². The van der Waals surface area contributed by atoms with Gasteiger partial charge in [0.1, 0.15) is 11.9 Å². The van der Waals surface area contributed by atoms with Gasteiger partial charge in [0.2, 0.25) is 0 Å². The standard InChI is InChI=1S/C24H16ClFN2O3/c1-13-6-9-15(25)12-19(13)27-20(14-7-10-16(26)11-8-14)21(24(27)31)28-22(29)17-4-2-3-5-18(17)23(28)30/h2-12,20-21H,1H3/t20-,21+/m1/s1. The van der Waals surface area contributed by atoms with E-state index in [1.165, 1.54) is 17.0 Å². The number of halogens is 2. The van der Waals surface area contributed by atoms with Gasteiger partial charge in [0.15, 0.2) is 0 Å². The molecule has 2 heterocycles. The minimum Gasteiger partial charge on any atom is -0.300 e. The summed E-state index contributed by atoms with van der Waals surface area (Å²) in [5.41, 5.74) is 2.55. The van der Waals surface area contributed by atoms with Crippen molar-refractivity contribution in [1.29, 1.82) is 0 Å². The molecule has 0 saturated carbocycles. The molecule has 1 saturated heterocycles. The zero-order valence-electron chi connectivity index (χ0n) is 16.4. The van der Waals surface area contributed by atoms with E-state index in [2.05, 4.69) is 0 Å². The number of carbonyl (C=O) groups is 3. The van der Waals surface area contributed by atoms with E-state index in [4.69, 9.17) is 11.6 Å². The van der Waals surface area contributed by atoms with Crippen LogP contribution in [0.4, 0.5) is 10.1 Å². The smallest absolute Gasteiger partial charge is 0.262 e. The number of β-lactam (4-membered cyclic amide) rings is 1. The average Bonchev–Trinajstić information content (AvgIpc) is 3.01. The largest absolute Gasteiger partial charge is 0.300 e. The number of benzene rings is 3. The first-order valence-electron chi connectivity index (χ1n) is 9.70. The highest BCUT2D eigenvalue weighted by Crippen LogP contribution is 2.45. The number of fused-ring (bicyclic) bond motifs is 1. The topological polar surface area (TPSA) is 57.7 Å². The van der Waals surface area contributed by atoms with Gasteiger partial charge in [0.05, 0.1) is 17.2 Å². The molecule has 3 aromatic carbocycles. The Kier molecular flexibility index (Phi) is 4.41. The molecule has 7 heteroatoms. The molecule has 0 unspecified atom stereocenters. The highest BCUT2D eigenvalue weighted by atomic mass is 35.5. The summed E-state index contributed by atoms with van der Waals surface area (Å²) in [4.78, 5) is 42.0. The lowest BCUT2D eigenvalue weighted by atomic mass is 9.85. The van der Waals surface area contributed by atoms with Crippen molar-refractivity contribution in [2.75, 3.05) is 4.90 Å². The van der Waals surface area contributed by atoms with Crippen molar-refractivity contribution in [2.45, 2.75) is 19.0 Å². The monoisotopic (exact) mass is 434 g/mol. The minimum atomic E-state index is -1.03. The summed E-state index contributed by atoms with van der Waals surface area (Å²) in [5, 5.41) is 0.454. The van der Waals surface area contributed by atoms with Gasteiger partial charge in [-0.1, -0.05) is 41.9 Å². The summed E-state index contributed by atoms with van der Waals surface area (Å²) in [7, 11) is 0. The number of rotatable bonds is 3. The quantitative estimate of drug-likeness (QED) is 0.449. The van der Waals surface area contributed by atoms with Crippen molar-refractivity contribution >= 4 is 35.0 Å². The van der Waals surface area contributed by atoms with Gasteiger partial charge in [0, 0.05) is 10.7 Å². The normalized spacial score (nSPS) is 20.2. The summed E-state index contributed by atoms with van der Waals surface area (Å²) in [6.45, 7) is 1.84. The Morgan fingerprint density at radius 3 is 2.03 bits per heavy atom. The van der Waals surface area contributed by atoms with Crippen molar-refractivity contribution in [3.63, 3.8) is 0 Å². The van der Waals surface area contributed by atoms with Gasteiger partial charge in [-0.05, 0) is 54.4 Å². The van der Waals surface area contributed by atoms with Crippen LogP contribution in [0.5, 0.6) is 0 Å². The van der Waals surface area contributed by atoms with Crippen LogP contribution >= 0.6 is 11.6 Å². The molecule has 0 spiro atoms. The van der Waals surface area contributed by atoms with Crippen molar-refractivity contribution in [1.82, 2.24) is 4.90 Å². The first-order valence-corrected chi connectivity index (χ1v) is 10.1. The minimum absolute atomic E-state index is 0.274. The zero-order valence-corrected chi connectivity index (χ0v) is 17.1. The molecule has 3 aromatic rings. The highest BCUT2D eigenvalue weighted by molar-refractivity contribution is 6.31. The van der Waals surface area contributed by atoms with Crippen molar-refractivity contribution in [3.05, 3.63) is 99.8 Å². The van der Waals surface area contributed by atoms with Gasteiger partial charge in [0.25, 0.3) is 17.7 Å². The first kappa shape index (κ1) is 19.5. The molecule has 2 aliphatic rings. The summed E-state index contributed by atoms with van der Waals surface area (Å²) in [6.07, 6.45) is 0. The van der Waals surface area contributed by atoms with Gasteiger partial charge >= 0.3 is 0 Å². The van der Waals surface area contributed by atoms with Crippen LogP contribution in [0.1, 0.15) is 37.9 Å². The summed E-state index contributed by atoms with van der Waals surface area (Å²) in [6, 6.07) is 15.7. The fraction of sp³-hybridized carbons (Fsp3) is 0.125. The second-order valence-corrected chi connectivity index (χ2v) is 8.04. The summed E-state index contributed by atoms with van der Waals surface area (Å²) >= 11 is 6.17. The van der Waals surface area contributed by atoms with E-state index in [-0.39, 0.29) is 11.1 Å². The maximum atomic E-state index is 13.6. The molecular weight excluding hydrogens is 419 g/mol. The molecular formula is C24H16ClFN2O3. The highest BCUT2D eigenvalue weighted by Gasteiger charge is 2.57. The lowest BCUT2D eigenvalue weighted by Crippen LogP contribution is -2.67. The molecule has 3 amide bonds. The van der Waals surface area contributed by atoms with Crippen LogP contribution in [-0.4, -0.2) is 28.7 Å². The predicted octanol–water partition coefficient (Wildman–Crippen LogP) is 4.54. The Hall–Kier alpha value is -3.51. The molecule has 0 bridgehead atoms. The second-order valence-electron chi connectivity index (χ2n) is 7.61. The van der Waals surface area contributed by atoms with Crippen LogP contribution in [0.3, 0.4) is 0 Å². The van der Waals surface area contributed by atoms with E-state index >= 15 is 0 Å². The van der Waals surface area contributed by atoms with Crippen molar-refractivity contribution in [2.24, 2.45) is 0 Å². The first-order chi connectivity index (χ1) is 14.9. The fourth-order valence-corrected chi connectivity index (χ4v) is 4.45. The Morgan fingerprint density at radius 2 is 1.42 bits per heavy atom. The van der Waals surface area contributed by atoms with E-state index in [1.807, 2.05) is 6.92 Å². The number of nitrogens with zero attached hydrogens (tertiary/aromatic N) is 2. The molecule has 5 nitrogen and oxygen atoms in total. The Labute approximate surface area is 182 Å². The lowest BCUT2D eigenvalue weighted by molar-refractivity contribution is -0.130. The van der Waals surface area contributed by atoms with E-state index in [1.54, 1.807) is 54.6 Å². The van der Waals surface area contributed by atoms with E-state index in [0.717, 1.165) is 10.5 Å². The molecule has 0 radical (unpaired) electrons. The molecule has 0 N–H and O–H groups in total. The van der Waals surface area contributed by atoms with Crippen LogP contribution in [0.2, 0.25) is 5.02 Å². The predicted molar refractivity (Wildman–Crippen MR) is 114 cm³/mol. The van der Waals surface area contributed by atoms with Gasteiger partial charge in [-0.25, -0.2) is 4.39 Å². The van der Waals surface area contributed by atoms with Crippen molar-refractivity contribution < 1.29 is 18.8 Å². The molecule has 5 rings (SSSR count). The SMILES string of the molecule is Cc1ccc(Cl)cc1N1C(=O)[C@@H](N2C(=O)c3ccccc3C2=O)[C@H]1c1ccc(F)cc1. The Bertz CT molecular complexity index is 1220. The van der Waals surface area contributed by atoms with Crippen molar-refractivity contribution in [3.8, 4) is 0 Å². The number of anilines is 1. The number of carbonyl (C=O) groups excluding carboxylic acids is 3. The van der Waals surface area contributed by atoms with Gasteiger partial charge in [-0.2, -0.15) is 0 Å². The third-order valence-corrected chi connectivity index (χ3v) is 6.05. The van der Waals surface area contributed by atoms with E-state index < -0.39 is 35.6 Å². The Balaban J connectivity index is 1.62. The molecule has 31 heavy (non-hydrogen) atoms. The molecule has 0 aromatic heterocycles. The second kappa shape index (κ2) is 7.03. The van der Waals surface area contributed by atoms with Crippen LogP contribution in [0, 0.1) is 12.7 Å². The number of hydrogen-bond acceptors (Lipinski definition) is 3.